The van der Waals surface area contributed by atoms with E-state index in [0.717, 1.165) is 19.4 Å². The number of rotatable bonds is 33. The molecule has 38 heavy (non-hydrogen) atoms. The van der Waals surface area contributed by atoms with Crippen molar-refractivity contribution < 1.29 is 47.4 Å². The molecule has 0 amide bonds. The number of carbonyl (C=O) groups excluding carboxylic acids is 1. The van der Waals surface area contributed by atoms with Crippen LogP contribution in [0.4, 0.5) is 0 Å². The number of ether oxygens (including phenoxy) is 9. The van der Waals surface area contributed by atoms with Crippen molar-refractivity contribution in [1.82, 2.24) is 5.32 Å². The van der Waals surface area contributed by atoms with Crippen LogP contribution in [0, 0.1) is 0 Å². The Morgan fingerprint density at radius 2 is 0.816 bits per heavy atom. The molecule has 0 aromatic carbocycles. The molecule has 0 spiro atoms. The normalized spacial score (nSPS) is 11.3. The standard InChI is InChI=1S/C27H55NO10/c1-3-4-5-6-7-8-27(29)38-26-25-37-24-23-36-22-21-35-20-19-34-18-17-33-16-15-32-14-13-31-12-11-30-10-9-28-2/h28H,3-26H2,1-2H3. The molecule has 0 heterocycles. The van der Waals surface area contributed by atoms with E-state index < -0.39 is 0 Å². The lowest BCUT2D eigenvalue weighted by molar-refractivity contribution is -0.145. The molecular weight excluding hydrogens is 498 g/mol. The van der Waals surface area contributed by atoms with Crippen LogP contribution in [0.25, 0.3) is 0 Å². The molecule has 0 saturated carbocycles. The molecule has 0 fully saturated rings. The molecule has 0 radical (unpaired) electrons. The van der Waals surface area contributed by atoms with E-state index in [1.165, 1.54) is 19.3 Å². The maximum absolute atomic E-state index is 11.6. The summed E-state index contributed by atoms with van der Waals surface area (Å²) in [7, 11) is 1.89. The van der Waals surface area contributed by atoms with Gasteiger partial charge < -0.3 is 47.9 Å². The number of unbranched alkanes of at least 4 members (excludes halogenated alkanes) is 4. The summed E-state index contributed by atoms with van der Waals surface area (Å²) in [6, 6.07) is 0. The minimum Gasteiger partial charge on any atom is -0.463 e. The molecule has 0 aliphatic carbocycles. The molecule has 228 valence electrons. The van der Waals surface area contributed by atoms with Crippen LogP contribution >= 0.6 is 0 Å². The van der Waals surface area contributed by atoms with Crippen LogP contribution in [0.3, 0.4) is 0 Å². The topological polar surface area (TPSA) is 112 Å². The Morgan fingerprint density at radius 1 is 0.474 bits per heavy atom. The van der Waals surface area contributed by atoms with Crippen molar-refractivity contribution in [3.63, 3.8) is 0 Å². The molecule has 0 aromatic rings. The highest BCUT2D eigenvalue weighted by atomic mass is 16.6. The van der Waals surface area contributed by atoms with Gasteiger partial charge in [0, 0.05) is 13.0 Å². The molecule has 0 bridgehead atoms. The summed E-state index contributed by atoms with van der Waals surface area (Å²) in [5.41, 5.74) is 0. The third kappa shape index (κ3) is 33.1. The molecule has 0 aliphatic heterocycles. The van der Waals surface area contributed by atoms with Gasteiger partial charge in [0.1, 0.15) is 6.61 Å². The molecule has 0 rings (SSSR count). The fraction of sp³-hybridized carbons (Fsp3) is 0.963. The summed E-state index contributed by atoms with van der Waals surface area (Å²) >= 11 is 0. The van der Waals surface area contributed by atoms with Crippen molar-refractivity contribution in [3.8, 4) is 0 Å². The van der Waals surface area contributed by atoms with Gasteiger partial charge in [-0.25, -0.2) is 0 Å². The lowest BCUT2D eigenvalue weighted by Gasteiger charge is -2.09. The van der Waals surface area contributed by atoms with Crippen molar-refractivity contribution >= 4 is 5.97 Å². The third-order valence-electron chi connectivity index (χ3n) is 5.08. The second-order valence-corrected chi connectivity index (χ2v) is 8.39. The van der Waals surface area contributed by atoms with Gasteiger partial charge in [0.05, 0.1) is 106 Å². The number of hydrogen-bond acceptors (Lipinski definition) is 11. The first-order valence-electron chi connectivity index (χ1n) is 14.2. The first-order chi connectivity index (χ1) is 18.8. The van der Waals surface area contributed by atoms with Crippen LogP contribution in [0.15, 0.2) is 0 Å². The molecule has 0 aliphatic rings. The molecular formula is C27H55NO10. The smallest absolute Gasteiger partial charge is 0.305 e. The van der Waals surface area contributed by atoms with E-state index in [4.69, 9.17) is 42.6 Å². The second kappa shape index (κ2) is 34.1. The predicted octanol–water partition coefficient (Wildman–Crippen LogP) is 2.24. The highest BCUT2D eigenvalue weighted by molar-refractivity contribution is 5.69. The van der Waals surface area contributed by atoms with Crippen LogP contribution in [-0.2, 0) is 47.4 Å². The van der Waals surface area contributed by atoms with E-state index in [-0.39, 0.29) is 5.97 Å². The van der Waals surface area contributed by atoms with Crippen molar-refractivity contribution in [1.29, 1.82) is 0 Å². The van der Waals surface area contributed by atoms with Crippen molar-refractivity contribution in [2.75, 3.05) is 126 Å². The highest BCUT2D eigenvalue weighted by Gasteiger charge is 2.02. The number of esters is 1. The monoisotopic (exact) mass is 553 g/mol. The molecule has 0 unspecified atom stereocenters. The number of likely N-dealkylation sites (N-methyl/N-ethyl adjacent to an activating group) is 1. The van der Waals surface area contributed by atoms with Gasteiger partial charge in [0.2, 0.25) is 0 Å². The number of nitrogens with one attached hydrogen (secondary N) is 1. The van der Waals surface area contributed by atoms with Crippen molar-refractivity contribution in [2.24, 2.45) is 0 Å². The van der Waals surface area contributed by atoms with Gasteiger partial charge in [-0.05, 0) is 13.5 Å². The second-order valence-electron chi connectivity index (χ2n) is 8.39. The lowest BCUT2D eigenvalue weighted by Crippen LogP contribution is -2.17. The molecule has 1 N–H and O–H groups in total. The number of hydrogen-bond donors (Lipinski definition) is 1. The first kappa shape index (κ1) is 37.1. The van der Waals surface area contributed by atoms with E-state index in [2.05, 4.69) is 12.2 Å². The zero-order valence-corrected chi connectivity index (χ0v) is 24.1. The summed E-state index contributed by atoms with van der Waals surface area (Å²) in [5.74, 6) is -0.143. The summed E-state index contributed by atoms with van der Waals surface area (Å²) in [6.45, 7) is 11.7. The quantitative estimate of drug-likeness (QED) is 0.0954. The fourth-order valence-electron chi connectivity index (χ4n) is 2.98. The first-order valence-corrected chi connectivity index (χ1v) is 14.2. The molecule has 0 aromatic heterocycles. The lowest BCUT2D eigenvalue weighted by atomic mass is 10.1. The SMILES string of the molecule is CCCCCCCC(=O)OCCOCCOCCOCCOCCOCCOCCOCCOCCNC. The predicted molar refractivity (Wildman–Crippen MR) is 145 cm³/mol. The summed E-state index contributed by atoms with van der Waals surface area (Å²) in [6.07, 6.45) is 6.10. The van der Waals surface area contributed by atoms with Gasteiger partial charge in [-0.15, -0.1) is 0 Å². The van der Waals surface area contributed by atoms with Gasteiger partial charge in [0.15, 0.2) is 0 Å². The third-order valence-corrected chi connectivity index (χ3v) is 5.08. The minimum atomic E-state index is -0.143. The highest BCUT2D eigenvalue weighted by Crippen LogP contribution is 2.05. The molecule has 11 nitrogen and oxygen atoms in total. The van der Waals surface area contributed by atoms with Gasteiger partial charge >= 0.3 is 5.97 Å². The Kier molecular flexibility index (Phi) is 33.3. The zero-order valence-electron chi connectivity index (χ0n) is 24.1. The van der Waals surface area contributed by atoms with E-state index in [0.29, 0.717) is 119 Å². The van der Waals surface area contributed by atoms with Gasteiger partial charge in [-0.1, -0.05) is 32.6 Å². The summed E-state index contributed by atoms with van der Waals surface area (Å²) in [4.78, 5) is 11.6. The molecule has 0 atom stereocenters. The Labute approximate surface area is 230 Å². The average Bonchev–Trinajstić information content (AvgIpc) is 2.92. The minimum absolute atomic E-state index is 0.143. The van der Waals surface area contributed by atoms with E-state index in [9.17, 15) is 4.79 Å². The van der Waals surface area contributed by atoms with Crippen molar-refractivity contribution in [3.05, 3.63) is 0 Å². The van der Waals surface area contributed by atoms with Gasteiger partial charge in [0.25, 0.3) is 0 Å². The Balaban J connectivity index is 3.08. The summed E-state index contributed by atoms with van der Waals surface area (Å²) < 4.78 is 48.5. The van der Waals surface area contributed by atoms with E-state index in [1.807, 2.05) is 7.05 Å². The van der Waals surface area contributed by atoms with Crippen LogP contribution in [0.5, 0.6) is 0 Å². The van der Waals surface area contributed by atoms with E-state index in [1.54, 1.807) is 0 Å². The maximum atomic E-state index is 11.6. The van der Waals surface area contributed by atoms with Crippen LogP contribution in [-0.4, -0.2) is 132 Å². The fourth-order valence-corrected chi connectivity index (χ4v) is 2.98. The van der Waals surface area contributed by atoms with Gasteiger partial charge in [-0.2, -0.15) is 0 Å². The largest absolute Gasteiger partial charge is 0.463 e. The van der Waals surface area contributed by atoms with Crippen LogP contribution in [0.2, 0.25) is 0 Å². The Bertz CT molecular complexity index is 460. The summed E-state index contributed by atoms with van der Waals surface area (Å²) in [5, 5.41) is 3.02. The number of carbonyl (C=O) groups is 1. The Morgan fingerprint density at radius 3 is 1.18 bits per heavy atom. The maximum Gasteiger partial charge on any atom is 0.305 e. The van der Waals surface area contributed by atoms with Crippen LogP contribution < -0.4 is 5.32 Å². The van der Waals surface area contributed by atoms with Gasteiger partial charge in [-0.3, -0.25) is 4.79 Å². The molecule has 11 heteroatoms. The molecule has 0 saturated heterocycles. The van der Waals surface area contributed by atoms with E-state index >= 15 is 0 Å². The average molecular weight is 554 g/mol. The van der Waals surface area contributed by atoms with Crippen LogP contribution in [0.1, 0.15) is 45.4 Å². The van der Waals surface area contributed by atoms with Crippen molar-refractivity contribution in [2.45, 2.75) is 45.4 Å². The zero-order chi connectivity index (χ0) is 27.6. The Hall–Kier alpha value is -0.890.